The van der Waals surface area contributed by atoms with Gasteiger partial charge >= 0.3 is 6.03 Å². The van der Waals surface area contributed by atoms with Gasteiger partial charge in [-0.25, -0.2) is 14.8 Å². The SMILES string of the molecule is Cc1ncoc1-c1cn(C(=O)N(C)C)c2ncc(Br)cc12. The van der Waals surface area contributed by atoms with E-state index in [0.29, 0.717) is 11.4 Å². The van der Waals surface area contributed by atoms with Gasteiger partial charge in [-0.15, -0.1) is 0 Å². The van der Waals surface area contributed by atoms with Gasteiger partial charge in [-0.1, -0.05) is 0 Å². The molecule has 108 valence electrons. The third kappa shape index (κ3) is 2.23. The number of rotatable bonds is 1. The molecule has 0 N–H and O–H groups in total. The molecule has 3 heterocycles. The number of fused-ring (bicyclic) bond motifs is 1. The van der Waals surface area contributed by atoms with Crippen molar-refractivity contribution in [1.29, 1.82) is 0 Å². The fraction of sp³-hybridized carbons (Fsp3) is 0.214. The molecule has 0 aliphatic carbocycles. The molecule has 0 aliphatic rings. The molecule has 0 bridgehead atoms. The molecular weight excluding hydrogens is 336 g/mol. The molecule has 3 rings (SSSR count). The minimum atomic E-state index is -0.168. The van der Waals surface area contributed by atoms with Crippen LogP contribution in [0.25, 0.3) is 22.4 Å². The Morgan fingerprint density at radius 1 is 1.38 bits per heavy atom. The lowest BCUT2D eigenvalue weighted by molar-refractivity contribution is 0.220. The summed E-state index contributed by atoms with van der Waals surface area (Å²) in [6, 6.07) is 1.75. The Morgan fingerprint density at radius 2 is 2.14 bits per heavy atom. The molecule has 0 aliphatic heterocycles. The van der Waals surface area contributed by atoms with Crippen LogP contribution in [0, 0.1) is 6.92 Å². The summed E-state index contributed by atoms with van der Waals surface area (Å²) in [4.78, 5) is 22.3. The van der Waals surface area contributed by atoms with Crippen LogP contribution in [0.3, 0.4) is 0 Å². The van der Waals surface area contributed by atoms with E-state index in [9.17, 15) is 4.79 Å². The van der Waals surface area contributed by atoms with Crippen LogP contribution >= 0.6 is 15.9 Å². The van der Waals surface area contributed by atoms with E-state index in [2.05, 4.69) is 25.9 Å². The molecule has 0 saturated carbocycles. The largest absolute Gasteiger partial charge is 0.443 e. The maximum Gasteiger partial charge on any atom is 0.329 e. The summed E-state index contributed by atoms with van der Waals surface area (Å²) in [6.45, 7) is 1.86. The Labute approximate surface area is 129 Å². The number of oxazole rings is 1. The Balaban J connectivity index is 2.33. The van der Waals surface area contributed by atoms with Crippen molar-refractivity contribution in [2.45, 2.75) is 6.92 Å². The minimum absolute atomic E-state index is 0.168. The topological polar surface area (TPSA) is 64.2 Å². The quantitative estimate of drug-likeness (QED) is 0.676. The molecule has 0 fully saturated rings. The van der Waals surface area contributed by atoms with Gasteiger partial charge in [-0.05, 0) is 28.9 Å². The molecule has 0 aromatic carbocycles. The van der Waals surface area contributed by atoms with Crippen LogP contribution in [-0.4, -0.2) is 39.6 Å². The maximum atomic E-state index is 12.3. The van der Waals surface area contributed by atoms with E-state index in [4.69, 9.17) is 4.42 Å². The first-order valence-electron chi connectivity index (χ1n) is 6.27. The van der Waals surface area contributed by atoms with Crippen molar-refractivity contribution in [3.8, 4) is 11.3 Å². The number of hydrogen-bond donors (Lipinski definition) is 0. The summed E-state index contributed by atoms with van der Waals surface area (Å²) in [5, 5.41) is 0.833. The average molecular weight is 349 g/mol. The number of hydrogen-bond acceptors (Lipinski definition) is 4. The zero-order valence-corrected chi connectivity index (χ0v) is 13.4. The normalized spacial score (nSPS) is 11.0. The van der Waals surface area contributed by atoms with Gasteiger partial charge in [0.15, 0.2) is 12.2 Å². The van der Waals surface area contributed by atoms with Crippen molar-refractivity contribution >= 4 is 33.0 Å². The first-order chi connectivity index (χ1) is 9.99. The van der Waals surface area contributed by atoms with Crippen LogP contribution in [0.1, 0.15) is 5.69 Å². The van der Waals surface area contributed by atoms with Crippen LogP contribution in [-0.2, 0) is 0 Å². The van der Waals surface area contributed by atoms with Crippen LogP contribution in [0.15, 0.2) is 33.7 Å². The van der Waals surface area contributed by atoms with Gasteiger partial charge < -0.3 is 9.32 Å². The molecule has 0 spiro atoms. The fourth-order valence-corrected chi connectivity index (χ4v) is 2.52. The summed E-state index contributed by atoms with van der Waals surface area (Å²) >= 11 is 3.41. The predicted molar refractivity (Wildman–Crippen MR) is 82.1 cm³/mol. The number of halogens is 1. The Bertz CT molecular complexity index is 835. The van der Waals surface area contributed by atoms with Crippen LogP contribution < -0.4 is 0 Å². The Hall–Kier alpha value is -2.15. The van der Waals surface area contributed by atoms with Crippen LogP contribution in [0.2, 0.25) is 0 Å². The van der Waals surface area contributed by atoms with Crippen LogP contribution in [0.5, 0.6) is 0 Å². The highest BCUT2D eigenvalue weighted by Gasteiger charge is 2.20. The third-order valence-electron chi connectivity index (χ3n) is 3.19. The van der Waals surface area contributed by atoms with E-state index in [1.807, 2.05) is 13.0 Å². The maximum absolute atomic E-state index is 12.3. The Morgan fingerprint density at radius 3 is 2.76 bits per heavy atom. The number of carbonyl (C=O) groups excluding carboxylic acids is 1. The van der Waals surface area contributed by atoms with Crippen molar-refractivity contribution in [3.63, 3.8) is 0 Å². The number of amides is 1. The van der Waals surface area contributed by atoms with Gasteiger partial charge in [0.2, 0.25) is 0 Å². The van der Waals surface area contributed by atoms with E-state index >= 15 is 0 Å². The summed E-state index contributed by atoms with van der Waals surface area (Å²) in [7, 11) is 3.40. The lowest BCUT2D eigenvalue weighted by Crippen LogP contribution is -2.26. The number of carbonyl (C=O) groups is 1. The molecule has 0 unspecified atom stereocenters. The van der Waals surface area contributed by atoms with Gasteiger partial charge in [-0.2, -0.15) is 0 Å². The van der Waals surface area contributed by atoms with E-state index in [1.165, 1.54) is 15.9 Å². The first-order valence-corrected chi connectivity index (χ1v) is 7.07. The fourth-order valence-electron chi connectivity index (χ4n) is 2.18. The number of aromatic nitrogens is 3. The summed E-state index contributed by atoms with van der Waals surface area (Å²) in [5.41, 5.74) is 2.15. The molecule has 1 amide bonds. The van der Waals surface area contributed by atoms with Crippen molar-refractivity contribution in [2.24, 2.45) is 0 Å². The minimum Gasteiger partial charge on any atom is -0.443 e. The second kappa shape index (κ2) is 5.00. The molecule has 21 heavy (non-hydrogen) atoms. The van der Waals surface area contributed by atoms with Crippen LogP contribution in [0.4, 0.5) is 4.79 Å². The van der Waals surface area contributed by atoms with Gasteiger partial charge in [0, 0.05) is 41.9 Å². The van der Waals surface area contributed by atoms with Crippen molar-refractivity contribution in [2.75, 3.05) is 14.1 Å². The van der Waals surface area contributed by atoms with Crippen molar-refractivity contribution in [1.82, 2.24) is 19.4 Å². The molecular formula is C14H13BrN4O2. The first kappa shape index (κ1) is 13.8. The van der Waals surface area contributed by atoms with Crippen molar-refractivity contribution < 1.29 is 9.21 Å². The lowest BCUT2D eigenvalue weighted by atomic mass is 10.1. The zero-order chi connectivity index (χ0) is 15.1. The molecule has 3 aromatic rings. The second-order valence-electron chi connectivity index (χ2n) is 4.88. The highest BCUT2D eigenvalue weighted by Crippen LogP contribution is 2.33. The van der Waals surface area contributed by atoms with Gasteiger partial charge in [0.1, 0.15) is 5.65 Å². The monoisotopic (exact) mass is 348 g/mol. The molecule has 3 aromatic heterocycles. The standard InChI is InChI=1S/C14H13BrN4O2/c1-8-12(21-7-17-8)11-6-19(14(20)18(2)3)13-10(11)4-9(15)5-16-13/h4-7H,1-3H3. The summed E-state index contributed by atoms with van der Waals surface area (Å²) in [5.74, 6) is 0.644. The predicted octanol–water partition coefficient (Wildman–Crippen LogP) is 3.29. The number of nitrogens with zero attached hydrogens (tertiary/aromatic N) is 4. The van der Waals surface area contributed by atoms with E-state index < -0.39 is 0 Å². The number of pyridine rings is 1. The molecule has 0 saturated heterocycles. The number of aryl methyl sites for hydroxylation is 1. The second-order valence-corrected chi connectivity index (χ2v) is 5.80. The molecule has 7 heteroatoms. The highest BCUT2D eigenvalue weighted by atomic mass is 79.9. The van der Waals surface area contributed by atoms with Crippen molar-refractivity contribution in [3.05, 3.63) is 35.0 Å². The Kier molecular flexibility index (Phi) is 3.29. The lowest BCUT2D eigenvalue weighted by Gasteiger charge is -2.10. The average Bonchev–Trinajstić information content (AvgIpc) is 3.01. The third-order valence-corrected chi connectivity index (χ3v) is 3.62. The molecule has 0 atom stereocenters. The smallest absolute Gasteiger partial charge is 0.329 e. The zero-order valence-electron chi connectivity index (χ0n) is 11.8. The highest BCUT2D eigenvalue weighted by molar-refractivity contribution is 9.10. The van der Waals surface area contributed by atoms with Gasteiger partial charge in [-0.3, -0.25) is 4.57 Å². The molecule has 0 radical (unpaired) electrons. The van der Waals surface area contributed by atoms with Gasteiger partial charge in [0.05, 0.1) is 5.69 Å². The van der Waals surface area contributed by atoms with E-state index in [1.54, 1.807) is 26.5 Å². The van der Waals surface area contributed by atoms with E-state index in [-0.39, 0.29) is 6.03 Å². The summed E-state index contributed by atoms with van der Waals surface area (Å²) in [6.07, 6.45) is 4.80. The van der Waals surface area contributed by atoms with Gasteiger partial charge in [0.25, 0.3) is 0 Å². The van der Waals surface area contributed by atoms with E-state index in [0.717, 1.165) is 21.1 Å². The summed E-state index contributed by atoms with van der Waals surface area (Å²) < 4.78 is 7.81. The molecule has 6 nitrogen and oxygen atoms in total.